The van der Waals surface area contributed by atoms with Crippen LogP contribution in [-0.4, -0.2) is 33.4 Å². The molecule has 0 rings (SSSR count). The normalized spacial score (nSPS) is 11.4. The Morgan fingerprint density at radius 1 is 1.27 bits per heavy atom. The molecular weight excluding hydrogens is 205 g/mol. The average Bonchev–Trinajstić information content (AvgIpc) is 1.82. The SMILES string of the molecule is O=C(O)CCC(O)C(=O)O.[Zn]. The van der Waals surface area contributed by atoms with Crippen molar-refractivity contribution in [3.63, 3.8) is 0 Å². The number of carbonyl (C=O) groups is 2. The first-order valence-electron chi connectivity index (χ1n) is 2.66. The number of hydrogen-bond donors (Lipinski definition) is 3. The van der Waals surface area contributed by atoms with Gasteiger partial charge >= 0.3 is 11.9 Å². The van der Waals surface area contributed by atoms with Crippen LogP contribution >= 0.6 is 0 Å². The predicted molar refractivity (Wildman–Crippen MR) is 30.5 cm³/mol. The predicted octanol–water partition coefficient (Wildman–Crippen LogP) is -0.706. The molecule has 0 amide bonds. The molecule has 0 aromatic carbocycles. The minimum Gasteiger partial charge on any atom is -0.481 e. The second-order valence-electron chi connectivity index (χ2n) is 1.79. The van der Waals surface area contributed by atoms with E-state index in [-0.39, 0.29) is 32.3 Å². The van der Waals surface area contributed by atoms with Crippen LogP contribution in [0, 0.1) is 0 Å². The van der Waals surface area contributed by atoms with Gasteiger partial charge in [-0.05, 0) is 6.42 Å². The second-order valence-corrected chi connectivity index (χ2v) is 1.79. The van der Waals surface area contributed by atoms with E-state index < -0.39 is 18.0 Å². The van der Waals surface area contributed by atoms with Gasteiger partial charge in [0, 0.05) is 25.9 Å². The van der Waals surface area contributed by atoms with Crippen LogP contribution in [0.2, 0.25) is 0 Å². The van der Waals surface area contributed by atoms with E-state index in [1.807, 2.05) is 0 Å². The molecule has 1 unspecified atom stereocenters. The van der Waals surface area contributed by atoms with E-state index in [2.05, 4.69) is 0 Å². The van der Waals surface area contributed by atoms with Gasteiger partial charge in [-0.25, -0.2) is 4.79 Å². The minimum absolute atomic E-state index is 0. The van der Waals surface area contributed by atoms with Gasteiger partial charge in [0.05, 0.1) is 0 Å². The van der Waals surface area contributed by atoms with Crippen LogP contribution in [0.15, 0.2) is 0 Å². The Hall–Kier alpha value is -0.477. The van der Waals surface area contributed by atoms with Crippen molar-refractivity contribution in [3.05, 3.63) is 0 Å². The van der Waals surface area contributed by atoms with Gasteiger partial charge in [0.25, 0.3) is 0 Å². The van der Waals surface area contributed by atoms with E-state index in [9.17, 15) is 9.59 Å². The average molecular weight is 214 g/mol. The number of aliphatic hydroxyl groups is 1. The molecule has 11 heavy (non-hydrogen) atoms. The van der Waals surface area contributed by atoms with Crippen molar-refractivity contribution in [1.29, 1.82) is 0 Å². The molecule has 0 saturated heterocycles. The van der Waals surface area contributed by atoms with Crippen molar-refractivity contribution in [2.75, 3.05) is 0 Å². The van der Waals surface area contributed by atoms with Crippen molar-refractivity contribution in [2.24, 2.45) is 0 Å². The summed E-state index contributed by atoms with van der Waals surface area (Å²) in [5.41, 5.74) is 0. The number of carboxylic acid groups (broad SMARTS) is 2. The van der Waals surface area contributed by atoms with Crippen molar-refractivity contribution in [2.45, 2.75) is 18.9 Å². The van der Waals surface area contributed by atoms with Crippen LogP contribution < -0.4 is 0 Å². The second kappa shape index (κ2) is 6.25. The summed E-state index contributed by atoms with van der Waals surface area (Å²) in [6.07, 6.45) is -2.13. The third kappa shape index (κ3) is 7.42. The summed E-state index contributed by atoms with van der Waals surface area (Å²) in [6.45, 7) is 0. The van der Waals surface area contributed by atoms with E-state index >= 15 is 0 Å². The van der Waals surface area contributed by atoms with Gasteiger partial charge in [-0.2, -0.15) is 0 Å². The number of rotatable bonds is 4. The van der Waals surface area contributed by atoms with Gasteiger partial charge in [0.15, 0.2) is 6.10 Å². The molecule has 0 aliphatic carbocycles. The third-order valence-electron chi connectivity index (χ3n) is 0.917. The number of aliphatic carboxylic acids is 2. The molecule has 60 valence electrons. The van der Waals surface area contributed by atoms with Gasteiger partial charge < -0.3 is 15.3 Å². The van der Waals surface area contributed by atoms with Gasteiger partial charge in [0.1, 0.15) is 0 Å². The van der Waals surface area contributed by atoms with Gasteiger partial charge in [0.2, 0.25) is 0 Å². The van der Waals surface area contributed by atoms with Gasteiger partial charge in [-0.3, -0.25) is 4.79 Å². The summed E-state index contributed by atoms with van der Waals surface area (Å²) in [6, 6.07) is 0. The zero-order chi connectivity index (χ0) is 8.15. The summed E-state index contributed by atoms with van der Waals surface area (Å²) in [5.74, 6) is -2.50. The molecule has 6 heteroatoms. The van der Waals surface area contributed by atoms with E-state index in [1.165, 1.54) is 0 Å². The zero-order valence-electron chi connectivity index (χ0n) is 5.86. The molecule has 0 aliphatic rings. The summed E-state index contributed by atoms with van der Waals surface area (Å²) in [7, 11) is 0. The molecule has 0 saturated carbocycles. The fourth-order valence-electron chi connectivity index (χ4n) is 0.384. The van der Waals surface area contributed by atoms with Crippen molar-refractivity contribution >= 4 is 11.9 Å². The third-order valence-corrected chi connectivity index (χ3v) is 0.917. The van der Waals surface area contributed by atoms with Crippen LogP contribution in [0.1, 0.15) is 12.8 Å². The first-order chi connectivity index (χ1) is 4.54. The summed E-state index contributed by atoms with van der Waals surface area (Å²) < 4.78 is 0. The Balaban J connectivity index is 0. The maximum Gasteiger partial charge on any atom is 0.332 e. The molecule has 1 atom stereocenters. The summed E-state index contributed by atoms with van der Waals surface area (Å²) >= 11 is 0. The van der Waals surface area contributed by atoms with E-state index in [0.29, 0.717) is 0 Å². The van der Waals surface area contributed by atoms with E-state index in [4.69, 9.17) is 15.3 Å². The quantitative estimate of drug-likeness (QED) is 0.537. The van der Waals surface area contributed by atoms with Gasteiger partial charge in [-0.15, -0.1) is 0 Å². The monoisotopic (exact) mass is 212 g/mol. The summed E-state index contributed by atoms with van der Waals surface area (Å²) in [4.78, 5) is 19.7. The smallest absolute Gasteiger partial charge is 0.332 e. The van der Waals surface area contributed by atoms with E-state index in [1.54, 1.807) is 0 Å². The van der Waals surface area contributed by atoms with Crippen molar-refractivity contribution in [1.82, 2.24) is 0 Å². The molecule has 5 nitrogen and oxygen atoms in total. The number of aliphatic hydroxyl groups excluding tert-OH is 1. The topological polar surface area (TPSA) is 94.8 Å². The molecule has 0 spiro atoms. The van der Waals surface area contributed by atoms with Crippen LogP contribution in [-0.2, 0) is 29.1 Å². The Morgan fingerprint density at radius 3 is 2.00 bits per heavy atom. The Labute approximate surface area is 75.8 Å². The molecule has 0 radical (unpaired) electrons. The molecule has 0 aliphatic heterocycles. The maximum absolute atomic E-state index is 9.87. The molecule has 3 N–H and O–H groups in total. The first kappa shape index (κ1) is 13.1. The zero-order valence-corrected chi connectivity index (χ0v) is 8.82. The Bertz CT molecular complexity index is 146. The van der Waals surface area contributed by atoms with Crippen LogP contribution in [0.5, 0.6) is 0 Å². The van der Waals surface area contributed by atoms with Crippen molar-refractivity contribution in [3.8, 4) is 0 Å². The molecule has 0 aromatic heterocycles. The fraction of sp³-hybridized carbons (Fsp3) is 0.600. The Kier molecular flexibility index (Phi) is 7.46. The van der Waals surface area contributed by atoms with Crippen molar-refractivity contribution < 1.29 is 44.4 Å². The van der Waals surface area contributed by atoms with Crippen LogP contribution in [0.4, 0.5) is 0 Å². The summed E-state index contributed by atoms with van der Waals surface area (Å²) in [5, 5.41) is 24.6. The number of hydrogen-bond acceptors (Lipinski definition) is 3. The Morgan fingerprint density at radius 2 is 1.73 bits per heavy atom. The number of carboxylic acids is 2. The minimum atomic E-state index is -1.56. The standard InChI is InChI=1S/C5H8O5.Zn/c6-3(5(9)10)1-2-4(7)8;/h3,6H,1-2H2,(H,7,8)(H,9,10);. The molecule has 0 fully saturated rings. The largest absolute Gasteiger partial charge is 0.481 e. The van der Waals surface area contributed by atoms with Crippen LogP contribution in [0.3, 0.4) is 0 Å². The van der Waals surface area contributed by atoms with Crippen LogP contribution in [0.25, 0.3) is 0 Å². The first-order valence-corrected chi connectivity index (χ1v) is 2.66. The molecule has 0 heterocycles. The molecular formula is C5H8O5Zn. The molecule has 0 aromatic rings. The van der Waals surface area contributed by atoms with E-state index in [0.717, 1.165) is 0 Å². The van der Waals surface area contributed by atoms with Gasteiger partial charge in [-0.1, -0.05) is 0 Å². The maximum atomic E-state index is 9.87. The fourth-order valence-corrected chi connectivity index (χ4v) is 0.384. The molecule has 0 bridgehead atoms.